The Hall–Kier alpha value is -4.00. The Morgan fingerprint density at radius 3 is 2.56 bits per heavy atom. The first-order valence-corrected chi connectivity index (χ1v) is 8.01. The average molecular weight is 361 g/mol. The number of allylic oxidation sites excluding steroid dienone is 1. The predicted molar refractivity (Wildman–Crippen MR) is 104 cm³/mol. The molecule has 0 saturated heterocycles. The molecule has 2 N–H and O–H groups in total. The number of carbonyl (C=O) groups is 1. The van der Waals surface area contributed by atoms with E-state index in [4.69, 9.17) is 0 Å². The van der Waals surface area contributed by atoms with E-state index in [-0.39, 0.29) is 17.0 Å². The first-order valence-electron chi connectivity index (χ1n) is 8.01. The Bertz CT molecular complexity index is 1070. The van der Waals surface area contributed by atoms with Gasteiger partial charge >= 0.3 is 0 Å². The number of aromatic hydroxyl groups is 1. The molecule has 1 amide bonds. The van der Waals surface area contributed by atoms with E-state index in [2.05, 4.69) is 10.5 Å². The Balaban J connectivity index is 1.66. The van der Waals surface area contributed by atoms with Gasteiger partial charge in [0.15, 0.2) is 0 Å². The number of hydrogen-bond acceptors (Lipinski definition) is 5. The lowest BCUT2D eigenvalue weighted by Gasteiger charge is -2.05. The number of nitro groups is 1. The zero-order valence-electron chi connectivity index (χ0n) is 14.1. The molecule has 3 aromatic rings. The molecule has 0 aliphatic carbocycles. The summed E-state index contributed by atoms with van der Waals surface area (Å²) in [6.45, 7) is 0. The van der Waals surface area contributed by atoms with Crippen molar-refractivity contribution in [3.8, 4) is 5.75 Å². The molecule has 7 nitrogen and oxygen atoms in total. The molecule has 7 heteroatoms. The number of phenolic OH excluding ortho intramolecular Hbond substituents is 1. The van der Waals surface area contributed by atoms with Crippen LogP contribution in [0.5, 0.6) is 5.75 Å². The number of carbonyl (C=O) groups excluding carboxylic acids is 1. The normalized spacial score (nSPS) is 11.3. The highest BCUT2D eigenvalue weighted by Crippen LogP contribution is 2.24. The third-order valence-corrected chi connectivity index (χ3v) is 3.81. The van der Waals surface area contributed by atoms with Gasteiger partial charge in [0, 0.05) is 18.3 Å². The summed E-state index contributed by atoms with van der Waals surface area (Å²) in [5.74, 6) is -0.674. The van der Waals surface area contributed by atoms with Gasteiger partial charge in [-0.2, -0.15) is 5.10 Å². The van der Waals surface area contributed by atoms with Gasteiger partial charge in [0.2, 0.25) is 0 Å². The topological polar surface area (TPSA) is 105 Å². The van der Waals surface area contributed by atoms with E-state index in [9.17, 15) is 20.0 Å². The Kier molecular flexibility index (Phi) is 5.22. The summed E-state index contributed by atoms with van der Waals surface area (Å²) in [6.07, 6.45) is 4.50. The second-order valence-electron chi connectivity index (χ2n) is 5.65. The highest BCUT2D eigenvalue weighted by Gasteiger charge is 2.11. The largest absolute Gasteiger partial charge is 0.507 e. The lowest BCUT2D eigenvalue weighted by molar-refractivity contribution is -0.384. The molecule has 0 aliphatic rings. The number of benzene rings is 3. The second-order valence-corrected chi connectivity index (χ2v) is 5.65. The van der Waals surface area contributed by atoms with E-state index >= 15 is 0 Å². The number of hydrazone groups is 1. The lowest BCUT2D eigenvalue weighted by Crippen LogP contribution is -2.17. The molecule has 0 atom stereocenters. The summed E-state index contributed by atoms with van der Waals surface area (Å²) in [5, 5.41) is 26.2. The van der Waals surface area contributed by atoms with Gasteiger partial charge in [-0.15, -0.1) is 0 Å². The SMILES string of the molecule is O=C(N/N=C/C=C/c1cccc([N+](=O)[O-])c1)c1cc2ccccc2cc1O. The van der Waals surface area contributed by atoms with Crippen LogP contribution < -0.4 is 5.43 Å². The van der Waals surface area contributed by atoms with Crippen molar-refractivity contribution < 1.29 is 14.8 Å². The molecule has 0 radical (unpaired) electrons. The minimum Gasteiger partial charge on any atom is -0.507 e. The van der Waals surface area contributed by atoms with Gasteiger partial charge in [-0.3, -0.25) is 14.9 Å². The maximum absolute atomic E-state index is 12.2. The molecular formula is C20H15N3O4. The number of hydrogen-bond donors (Lipinski definition) is 2. The van der Waals surface area contributed by atoms with Crippen LogP contribution in [0.4, 0.5) is 5.69 Å². The maximum Gasteiger partial charge on any atom is 0.275 e. The fourth-order valence-electron chi connectivity index (χ4n) is 2.51. The third kappa shape index (κ3) is 4.35. The molecule has 0 spiro atoms. The van der Waals surface area contributed by atoms with Gasteiger partial charge < -0.3 is 5.11 Å². The van der Waals surface area contributed by atoms with E-state index in [1.807, 2.05) is 24.3 Å². The Morgan fingerprint density at radius 1 is 1.07 bits per heavy atom. The average Bonchev–Trinajstić information content (AvgIpc) is 2.67. The standard InChI is InChI=1S/C20H15N3O4/c24-19-13-16-8-2-1-7-15(16)12-18(19)20(25)22-21-10-4-6-14-5-3-9-17(11-14)23(26)27/h1-13,24H,(H,22,25)/b6-4+,21-10+. The molecule has 3 rings (SSSR count). The monoisotopic (exact) mass is 361 g/mol. The van der Waals surface area contributed by atoms with Crippen molar-refractivity contribution >= 4 is 34.7 Å². The molecule has 0 heterocycles. The van der Waals surface area contributed by atoms with Gasteiger partial charge in [-0.1, -0.05) is 42.5 Å². The molecule has 0 unspecified atom stereocenters. The molecular weight excluding hydrogens is 346 g/mol. The van der Waals surface area contributed by atoms with Crippen molar-refractivity contribution in [1.82, 2.24) is 5.43 Å². The molecule has 27 heavy (non-hydrogen) atoms. The van der Waals surface area contributed by atoms with E-state index in [1.54, 1.807) is 30.4 Å². The van der Waals surface area contributed by atoms with Crippen LogP contribution in [0.2, 0.25) is 0 Å². The zero-order chi connectivity index (χ0) is 19.2. The minimum absolute atomic E-state index is 0.00540. The summed E-state index contributed by atoms with van der Waals surface area (Å²) in [6, 6.07) is 16.6. The van der Waals surface area contributed by atoms with Crippen molar-refractivity contribution in [2.24, 2.45) is 5.10 Å². The van der Waals surface area contributed by atoms with Crippen LogP contribution >= 0.6 is 0 Å². The van der Waals surface area contributed by atoms with Gasteiger partial charge in [0.25, 0.3) is 11.6 Å². The highest BCUT2D eigenvalue weighted by molar-refractivity contribution is 6.01. The van der Waals surface area contributed by atoms with E-state index in [0.29, 0.717) is 5.56 Å². The van der Waals surface area contributed by atoms with Crippen molar-refractivity contribution in [3.63, 3.8) is 0 Å². The van der Waals surface area contributed by atoms with E-state index < -0.39 is 10.8 Å². The third-order valence-electron chi connectivity index (χ3n) is 3.81. The van der Waals surface area contributed by atoms with Crippen LogP contribution in [-0.2, 0) is 0 Å². The van der Waals surface area contributed by atoms with Crippen LogP contribution in [0.3, 0.4) is 0 Å². The highest BCUT2D eigenvalue weighted by atomic mass is 16.6. The number of nitro benzene ring substituents is 1. The fourth-order valence-corrected chi connectivity index (χ4v) is 2.51. The number of amides is 1. The van der Waals surface area contributed by atoms with Crippen LogP contribution in [0.25, 0.3) is 16.8 Å². The molecule has 0 fully saturated rings. The molecule has 134 valence electrons. The Labute approximate surface area is 154 Å². The van der Waals surface area contributed by atoms with Crippen molar-refractivity contribution in [2.75, 3.05) is 0 Å². The summed E-state index contributed by atoms with van der Waals surface area (Å²) in [7, 11) is 0. The van der Waals surface area contributed by atoms with Gasteiger partial charge in [-0.05, 0) is 34.5 Å². The van der Waals surface area contributed by atoms with Crippen molar-refractivity contribution in [2.45, 2.75) is 0 Å². The number of rotatable bonds is 5. The number of nitrogens with one attached hydrogen (secondary N) is 1. The van der Waals surface area contributed by atoms with E-state index in [0.717, 1.165) is 10.8 Å². The number of non-ortho nitro benzene ring substituents is 1. The van der Waals surface area contributed by atoms with Gasteiger partial charge in [0.05, 0.1) is 10.5 Å². The molecule has 0 saturated carbocycles. The summed E-state index contributed by atoms with van der Waals surface area (Å²) in [4.78, 5) is 22.4. The van der Waals surface area contributed by atoms with Crippen molar-refractivity contribution in [3.05, 3.63) is 88.0 Å². The lowest BCUT2D eigenvalue weighted by atomic mass is 10.1. The second kappa shape index (κ2) is 7.92. The zero-order valence-corrected chi connectivity index (χ0v) is 14.1. The number of fused-ring (bicyclic) bond motifs is 1. The molecule has 0 aliphatic heterocycles. The minimum atomic E-state index is -0.543. The van der Waals surface area contributed by atoms with Gasteiger partial charge in [-0.25, -0.2) is 5.43 Å². The summed E-state index contributed by atoms with van der Waals surface area (Å²) < 4.78 is 0. The predicted octanol–water partition coefficient (Wildman–Crippen LogP) is 3.88. The molecule has 0 aromatic heterocycles. The van der Waals surface area contributed by atoms with Gasteiger partial charge in [0.1, 0.15) is 5.75 Å². The number of nitrogens with zero attached hydrogens (tertiary/aromatic N) is 2. The fraction of sp³-hybridized carbons (Fsp3) is 0. The van der Waals surface area contributed by atoms with Crippen LogP contribution in [0, 0.1) is 10.1 Å². The first kappa shape index (κ1) is 17.8. The summed E-state index contributed by atoms with van der Waals surface area (Å²) >= 11 is 0. The molecule has 0 bridgehead atoms. The number of phenols is 1. The maximum atomic E-state index is 12.2. The Morgan fingerprint density at radius 2 is 1.81 bits per heavy atom. The van der Waals surface area contributed by atoms with Crippen LogP contribution in [0.15, 0.2) is 71.8 Å². The van der Waals surface area contributed by atoms with Crippen molar-refractivity contribution in [1.29, 1.82) is 0 Å². The van der Waals surface area contributed by atoms with Crippen LogP contribution in [0.1, 0.15) is 15.9 Å². The summed E-state index contributed by atoms with van der Waals surface area (Å²) in [5.41, 5.74) is 3.08. The quantitative estimate of drug-likeness (QED) is 0.409. The smallest absolute Gasteiger partial charge is 0.275 e. The van der Waals surface area contributed by atoms with E-state index in [1.165, 1.54) is 24.4 Å². The first-order chi connectivity index (χ1) is 13.0. The van der Waals surface area contributed by atoms with Crippen LogP contribution in [-0.4, -0.2) is 22.2 Å². The molecule has 3 aromatic carbocycles.